The summed E-state index contributed by atoms with van der Waals surface area (Å²) in [7, 11) is 0. The molecule has 0 aliphatic rings. The second-order valence-electron chi connectivity index (χ2n) is 2.37. The monoisotopic (exact) mass is 191 g/mol. The summed E-state index contributed by atoms with van der Waals surface area (Å²) < 4.78 is 0. The molecule has 0 bridgehead atoms. The fourth-order valence-electron chi connectivity index (χ4n) is 0.541. The van der Waals surface area contributed by atoms with E-state index in [1.54, 1.807) is 0 Å². The summed E-state index contributed by atoms with van der Waals surface area (Å²) in [6, 6.07) is 0. The van der Waals surface area contributed by atoms with Crippen LogP contribution in [0.25, 0.3) is 0 Å². The third-order valence-electron chi connectivity index (χ3n) is 0.994. The van der Waals surface area contributed by atoms with Crippen LogP contribution in [0.1, 0.15) is 26.7 Å². The number of carboxylic acid groups (broad SMARTS) is 2. The molecule has 0 atom stereocenters. The Morgan fingerprint density at radius 3 is 2.08 bits per heavy atom. The predicted octanol–water partition coefficient (Wildman–Crippen LogP) is 0.552. The highest BCUT2D eigenvalue weighted by Crippen LogP contribution is 1.84. The summed E-state index contributed by atoms with van der Waals surface area (Å²) in [5.74, 6) is -1.55. The molecule has 0 radical (unpaired) electrons. The molecule has 0 fully saturated rings. The van der Waals surface area contributed by atoms with Gasteiger partial charge in [0.15, 0.2) is 0 Å². The minimum Gasteiger partial charge on any atom is -0.481 e. The Morgan fingerprint density at radius 1 is 1.31 bits per heavy atom. The molecule has 78 valence electrons. The molecule has 13 heavy (non-hydrogen) atoms. The lowest BCUT2D eigenvalue weighted by atomic mass is 10.3. The number of carbonyl (C=O) groups is 2. The van der Waals surface area contributed by atoms with Gasteiger partial charge in [0.2, 0.25) is 0 Å². The summed E-state index contributed by atoms with van der Waals surface area (Å²) in [5, 5.41) is 18.6. The maximum absolute atomic E-state index is 9.93. The summed E-state index contributed by atoms with van der Waals surface area (Å²) in [6.45, 7) is 4.81. The number of rotatable bonds is 5. The summed E-state index contributed by atoms with van der Waals surface area (Å²) in [4.78, 5) is 18.9. The van der Waals surface area contributed by atoms with Crippen molar-refractivity contribution in [1.82, 2.24) is 5.32 Å². The number of nitrogens with one attached hydrogen (secondary N) is 1. The number of hydrogen-bond donors (Lipinski definition) is 3. The quantitative estimate of drug-likeness (QED) is 0.552. The molecule has 0 aromatic rings. The Labute approximate surface area is 77.8 Å². The normalized spacial score (nSPS) is 8.46. The van der Waals surface area contributed by atoms with Crippen molar-refractivity contribution < 1.29 is 19.8 Å². The number of carboxylic acids is 2. The van der Waals surface area contributed by atoms with Crippen molar-refractivity contribution in [2.24, 2.45) is 0 Å². The van der Waals surface area contributed by atoms with E-state index in [9.17, 15) is 4.79 Å². The SMILES string of the molecule is CC(=O)O.CCNCCCC(=O)O. The van der Waals surface area contributed by atoms with Gasteiger partial charge in [-0.25, -0.2) is 0 Å². The summed E-state index contributed by atoms with van der Waals surface area (Å²) in [5.41, 5.74) is 0. The minimum atomic E-state index is -0.833. The molecule has 5 heteroatoms. The first kappa shape index (κ1) is 14.4. The summed E-state index contributed by atoms with van der Waals surface area (Å²) in [6.07, 6.45) is 0.996. The zero-order valence-electron chi connectivity index (χ0n) is 8.04. The Hall–Kier alpha value is -1.10. The highest BCUT2D eigenvalue weighted by molar-refractivity contribution is 5.66. The van der Waals surface area contributed by atoms with Crippen molar-refractivity contribution in [2.75, 3.05) is 13.1 Å². The smallest absolute Gasteiger partial charge is 0.303 e. The Kier molecular flexibility index (Phi) is 12.1. The van der Waals surface area contributed by atoms with Crippen LogP contribution in [0.5, 0.6) is 0 Å². The first-order valence-electron chi connectivity index (χ1n) is 4.12. The van der Waals surface area contributed by atoms with Crippen molar-refractivity contribution in [3.63, 3.8) is 0 Å². The Morgan fingerprint density at radius 2 is 1.77 bits per heavy atom. The van der Waals surface area contributed by atoms with Gasteiger partial charge in [0.25, 0.3) is 5.97 Å². The molecule has 0 aromatic carbocycles. The maximum atomic E-state index is 9.93. The van der Waals surface area contributed by atoms with Crippen LogP contribution in [0.3, 0.4) is 0 Å². The standard InChI is InChI=1S/C6H13NO2.C2H4O2/c1-2-7-5-3-4-6(8)9;1-2(3)4/h7H,2-5H2,1H3,(H,8,9);1H3,(H,3,4). The van der Waals surface area contributed by atoms with Crippen molar-refractivity contribution in [3.8, 4) is 0 Å². The molecule has 0 aliphatic carbocycles. The van der Waals surface area contributed by atoms with E-state index >= 15 is 0 Å². The fraction of sp³-hybridized carbons (Fsp3) is 0.750. The van der Waals surface area contributed by atoms with Gasteiger partial charge in [0, 0.05) is 13.3 Å². The lowest BCUT2D eigenvalue weighted by Crippen LogP contribution is -2.14. The maximum Gasteiger partial charge on any atom is 0.303 e. The zero-order valence-corrected chi connectivity index (χ0v) is 8.04. The highest BCUT2D eigenvalue weighted by Gasteiger charge is 1.93. The molecule has 0 saturated heterocycles. The minimum absolute atomic E-state index is 0.271. The third-order valence-corrected chi connectivity index (χ3v) is 0.994. The van der Waals surface area contributed by atoms with E-state index in [4.69, 9.17) is 15.0 Å². The lowest BCUT2D eigenvalue weighted by Gasteiger charge is -1.96. The van der Waals surface area contributed by atoms with Crippen LogP contribution in [0.4, 0.5) is 0 Å². The molecule has 0 heterocycles. The van der Waals surface area contributed by atoms with E-state index in [2.05, 4.69) is 5.32 Å². The van der Waals surface area contributed by atoms with E-state index in [-0.39, 0.29) is 6.42 Å². The van der Waals surface area contributed by atoms with Crippen LogP contribution in [0, 0.1) is 0 Å². The zero-order chi connectivity index (χ0) is 10.7. The van der Waals surface area contributed by atoms with Crippen molar-refractivity contribution in [2.45, 2.75) is 26.7 Å². The van der Waals surface area contributed by atoms with E-state index in [1.165, 1.54) is 0 Å². The van der Waals surface area contributed by atoms with Crippen LogP contribution in [0.2, 0.25) is 0 Å². The molecule has 3 N–H and O–H groups in total. The average molecular weight is 191 g/mol. The molecule has 0 spiro atoms. The molecule has 0 saturated carbocycles. The number of hydrogen-bond acceptors (Lipinski definition) is 3. The molecule has 0 rings (SSSR count). The molecule has 5 nitrogen and oxygen atoms in total. The van der Waals surface area contributed by atoms with Gasteiger partial charge in [-0.2, -0.15) is 0 Å². The third kappa shape index (κ3) is 36.0. The first-order chi connectivity index (χ1) is 6.00. The van der Waals surface area contributed by atoms with E-state index < -0.39 is 11.9 Å². The highest BCUT2D eigenvalue weighted by atomic mass is 16.4. The van der Waals surface area contributed by atoms with E-state index in [0.29, 0.717) is 0 Å². The largest absolute Gasteiger partial charge is 0.481 e. The van der Waals surface area contributed by atoms with Gasteiger partial charge in [-0.1, -0.05) is 6.92 Å². The van der Waals surface area contributed by atoms with Crippen molar-refractivity contribution in [3.05, 3.63) is 0 Å². The van der Waals surface area contributed by atoms with Gasteiger partial charge in [0.05, 0.1) is 0 Å². The fourth-order valence-corrected chi connectivity index (χ4v) is 0.541. The molecular weight excluding hydrogens is 174 g/mol. The Bertz CT molecular complexity index is 143. The van der Waals surface area contributed by atoms with Crippen LogP contribution in [0.15, 0.2) is 0 Å². The number of aliphatic carboxylic acids is 2. The Balaban J connectivity index is 0. The van der Waals surface area contributed by atoms with Crippen LogP contribution < -0.4 is 5.32 Å². The summed E-state index contributed by atoms with van der Waals surface area (Å²) >= 11 is 0. The van der Waals surface area contributed by atoms with E-state index in [0.717, 1.165) is 26.4 Å². The predicted molar refractivity (Wildman–Crippen MR) is 48.7 cm³/mol. The van der Waals surface area contributed by atoms with Gasteiger partial charge in [-0.3, -0.25) is 9.59 Å². The second kappa shape index (κ2) is 10.9. The van der Waals surface area contributed by atoms with E-state index in [1.807, 2.05) is 6.92 Å². The van der Waals surface area contributed by atoms with Gasteiger partial charge >= 0.3 is 5.97 Å². The lowest BCUT2D eigenvalue weighted by molar-refractivity contribution is -0.137. The van der Waals surface area contributed by atoms with Crippen LogP contribution in [-0.4, -0.2) is 35.2 Å². The van der Waals surface area contributed by atoms with Gasteiger partial charge < -0.3 is 15.5 Å². The molecule has 0 unspecified atom stereocenters. The van der Waals surface area contributed by atoms with Gasteiger partial charge in [-0.15, -0.1) is 0 Å². The van der Waals surface area contributed by atoms with Crippen molar-refractivity contribution in [1.29, 1.82) is 0 Å². The first-order valence-corrected chi connectivity index (χ1v) is 4.12. The second-order valence-corrected chi connectivity index (χ2v) is 2.37. The van der Waals surface area contributed by atoms with Gasteiger partial charge in [-0.05, 0) is 19.5 Å². The average Bonchev–Trinajstić information content (AvgIpc) is 1.97. The molecular formula is C8H17NO4. The molecule has 0 amide bonds. The van der Waals surface area contributed by atoms with Gasteiger partial charge in [0.1, 0.15) is 0 Å². The van der Waals surface area contributed by atoms with Crippen molar-refractivity contribution >= 4 is 11.9 Å². The topological polar surface area (TPSA) is 86.6 Å². The van der Waals surface area contributed by atoms with Crippen LogP contribution in [-0.2, 0) is 9.59 Å². The molecule has 0 aliphatic heterocycles. The van der Waals surface area contributed by atoms with Crippen LogP contribution >= 0.6 is 0 Å². The molecule has 0 aromatic heterocycles.